The van der Waals surface area contributed by atoms with Crippen LogP contribution in [0.15, 0.2) is 0 Å². The van der Waals surface area contributed by atoms with Crippen molar-refractivity contribution in [3.8, 4) is 84.9 Å². The zero-order valence-electron chi connectivity index (χ0n) is 19.7. The molecule has 0 N–H and O–H groups in total. The van der Waals surface area contributed by atoms with Crippen molar-refractivity contribution in [1.82, 2.24) is 0 Å². The van der Waals surface area contributed by atoms with Crippen LogP contribution in [0.2, 0.25) is 0 Å². The van der Waals surface area contributed by atoms with Crippen molar-refractivity contribution >= 4 is 0 Å². The molecule has 0 radical (unpaired) electrons. The Labute approximate surface area is 209 Å². The van der Waals surface area contributed by atoms with E-state index in [1.165, 1.54) is 16.7 Å². The fourth-order valence-corrected chi connectivity index (χ4v) is 3.43. The maximum Gasteiger partial charge on any atom is 0.109 e. The summed E-state index contributed by atoms with van der Waals surface area (Å²) in [6, 6.07) is 0. The second-order valence-corrected chi connectivity index (χ2v) is 7.09. The Hall–Kier alpha value is -4.02. The number of hydrogen-bond acceptors (Lipinski definition) is 4. The highest BCUT2D eigenvalue weighted by Gasteiger charge is 2.28. The molecule has 2 aliphatic rings. The highest BCUT2D eigenvalue weighted by Crippen LogP contribution is 2.37. The van der Waals surface area contributed by atoms with Crippen molar-refractivity contribution in [2.45, 2.75) is 45.7 Å². The molecule has 0 aromatic heterocycles. The van der Waals surface area contributed by atoms with Crippen LogP contribution in [-0.4, -0.2) is 26.4 Å². The molecular formula is C31H26O4. The summed E-state index contributed by atoms with van der Waals surface area (Å²) < 4.78 is 21.3. The summed E-state index contributed by atoms with van der Waals surface area (Å²) in [7, 11) is 0. The largest absolute Gasteiger partial charge is 0.372 e. The minimum atomic E-state index is 0.330. The molecule has 0 fully saturated rings. The fraction of sp³-hybridized carbons (Fsp3) is 0.355. The minimum Gasteiger partial charge on any atom is -0.372 e. The third kappa shape index (κ3) is 8.69. The molecule has 0 unspecified atom stereocenters. The van der Waals surface area contributed by atoms with Crippen LogP contribution in [0.1, 0.15) is 46.2 Å². The van der Waals surface area contributed by atoms with Gasteiger partial charge < -0.3 is 18.9 Å². The molecule has 174 valence electrons. The molecule has 0 atom stereocenters. The zero-order valence-corrected chi connectivity index (χ0v) is 19.7. The van der Waals surface area contributed by atoms with E-state index in [9.17, 15) is 0 Å². The molecular weight excluding hydrogens is 436 g/mol. The molecule has 4 heteroatoms. The van der Waals surface area contributed by atoms with Gasteiger partial charge >= 0.3 is 0 Å². The molecule has 0 bridgehead atoms. The van der Waals surface area contributed by atoms with Crippen LogP contribution in [0.3, 0.4) is 0 Å². The van der Waals surface area contributed by atoms with E-state index in [1.807, 2.05) is 0 Å². The monoisotopic (exact) mass is 462 g/mol. The molecule has 0 amide bonds. The van der Waals surface area contributed by atoms with Crippen molar-refractivity contribution in [1.29, 1.82) is 0 Å². The summed E-state index contributed by atoms with van der Waals surface area (Å²) >= 11 is 0. The molecule has 0 aliphatic carbocycles. The second-order valence-electron chi connectivity index (χ2n) is 7.09. The number of rotatable bonds is 5. The van der Waals surface area contributed by atoms with E-state index in [4.69, 9.17) is 44.6 Å². The fourth-order valence-electron chi connectivity index (χ4n) is 3.43. The molecule has 3 rings (SSSR count). The second kappa shape index (κ2) is 16.6. The van der Waals surface area contributed by atoms with Gasteiger partial charge in [-0.15, -0.1) is 31.6 Å². The van der Waals surface area contributed by atoms with E-state index in [-0.39, 0.29) is 0 Å². The summed E-state index contributed by atoms with van der Waals surface area (Å²) in [5.41, 5.74) is 6.83. The maximum absolute atomic E-state index is 5.63. The molecule has 0 saturated carbocycles. The van der Waals surface area contributed by atoms with Crippen LogP contribution in [-0.2, 0) is 51.8 Å². The SMILES string of the molecule is C#CCC#CCOCC#CCOCC#CCC#C.C#CCc1c(C#C)c2c(c3c1COC3)COC2. The Morgan fingerprint density at radius 1 is 0.571 bits per heavy atom. The first-order valence-corrected chi connectivity index (χ1v) is 10.9. The van der Waals surface area contributed by atoms with E-state index in [0.29, 0.717) is 72.1 Å². The Balaban J connectivity index is 0.000000247. The van der Waals surface area contributed by atoms with Crippen molar-refractivity contribution in [3.05, 3.63) is 33.4 Å². The van der Waals surface area contributed by atoms with Crippen LogP contribution in [0.5, 0.6) is 0 Å². The summed E-state index contributed by atoms with van der Waals surface area (Å²) in [6.07, 6.45) is 22.6. The summed E-state index contributed by atoms with van der Waals surface area (Å²) in [5.74, 6) is 26.9. The predicted molar refractivity (Wildman–Crippen MR) is 136 cm³/mol. The van der Waals surface area contributed by atoms with Crippen LogP contribution >= 0.6 is 0 Å². The Kier molecular flexibility index (Phi) is 12.9. The number of benzene rings is 1. The van der Waals surface area contributed by atoms with Gasteiger partial charge in [0, 0.05) is 12.0 Å². The van der Waals surface area contributed by atoms with Crippen LogP contribution in [0.25, 0.3) is 0 Å². The quantitative estimate of drug-likeness (QED) is 0.498. The molecule has 2 heterocycles. The Morgan fingerprint density at radius 2 is 1.03 bits per heavy atom. The lowest BCUT2D eigenvalue weighted by Gasteiger charge is -2.13. The van der Waals surface area contributed by atoms with E-state index in [0.717, 1.165) is 16.7 Å². The number of fused-ring (bicyclic) bond motifs is 3. The molecule has 1 aromatic carbocycles. The van der Waals surface area contributed by atoms with Crippen LogP contribution < -0.4 is 0 Å². The lowest BCUT2D eigenvalue weighted by molar-refractivity contribution is 0.126. The minimum absolute atomic E-state index is 0.330. The molecule has 0 saturated heterocycles. The molecule has 1 aromatic rings. The zero-order chi connectivity index (χ0) is 25.1. The highest BCUT2D eigenvalue weighted by atomic mass is 16.5. The van der Waals surface area contributed by atoms with E-state index < -0.39 is 0 Å². The van der Waals surface area contributed by atoms with Crippen molar-refractivity contribution in [3.63, 3.8) is 0 Å². The van der Waals surface area contributed by atoms with Crippen LogP contribution in [0, 0.1) is 84.9 Å². The highest BCUT2D eigenvalue weighted by molar-refractivity contribution is 5.59. The maximum atomic E-state index is 5.63. The normalized spacial score (nSPS) is 11.5. The van der Waals surface area contributed by atoms with Crippen molar-refractivity contribution < 1.29 is 18.9 Å². The number of ether oxygens (including phenoxy) is 4. The topological polar surface area (TPSA) is 36.9 Å². The van der Waals surface area contributed by atoms with Gasteiger partial charge in [0.2, 0.25) is 0 Å². The molecule has 0 spiro atoms. The van der Waals surface area contributed by atoms with Gasteiger partial charge in [0.1, 0.15) is 26.4 Å². The van der Waals surface area contributed by atoms with Crippen molar-refractivity contribution in [2.75, 3.05) is 26.4 Å². The van der Waals surface area contributed by atoms with Gasteiger partial charge in [0.25, 0.3) is 0 Å². The van der Waals surface area contributed by atoms with E-state index >= 15 is 0 Å². The third-order valence-corrected chi connectivity index (χ3v) is 4.92. The van der Waals surface area contributed by atoms with Gasteiger partial charge in [0.05, 0.1) is 39.3 Å². The van der Waals surface area contributed by atoms with E-state index in [2.05, 4.69) is 59.2 Å². The average molecular weight is 463 g/mol. The number of terminal acetylenes is 4. The lowest BCUT2D eigenvalue weighted by atomic mass is 9.88. The average Bonchev–Trinajstić information content (AvgIpc) is 3.55. The van der Waals surface area contributed by atoms with Crippen LogP contribution in [0.4, 0.5) is 0 Å². The molecule has 4 nitrogen and oxygen atoms in total. The first kappa shape index (κ1) is 27.2. The summed E-state index contributed by atoms with van der Waals surface area (Å²) in [6.45, 7) is 3.86. The van der Waals surface area contributed by atoms with Gasteiger partial charge in [-0.3, -0.25) is 0 Å². The van der Waals surface area contributed by atoms with Gasteiger partial charge in [-0.25, -0.2) is 0 Å². The van der Waals surface area contributed by atoms with Gasteiger partial charge in [-0.05, 0) is 27.8 Å². The molecule has 35 heavy (non-hydrogen) atoms. The smallest absolute Gasteiger partial charge is 0.109 e. The van der Waals surface area contributed by atoms with Gasteiger partial charge in [0.15, 0.2) is 0 Å². The lowest BCUT2D eigenvalue weighted by Crippen LogP contribution is -2.04. The van der Waals surface area contributed by atoms with Crippen molar-refractivity contribution in [2.24, 2.45) is 0 Å². The standard InChI is InChI=1S/C16H14O2.C15H12O2/c1-3-5-7-9-13-17-15-11-12-16-18-14-10-8-6-4-2;1-3-5-11-10(4-2)12-6-16-8-14(12)15-9-17-7-13(11)15/h1-2H,5-6,13-16H2;1-2H,5-9H2. The Morgan fingerprint density at radius 3 is 1.51 bits per heavy atom. The first-order chi connectivity index (χ1) is 17.3. The first-order valence-electron chi connectivity index (χ1n) is 10.9. The Bertz CT molecular complexity index is 1190. The van der Waals surface area contributed by atoms with Gasteiger partial charge in [-0.2, -0.15) is 0 Å². The summed E-state index contributed by atoms with van der Waals surface area (Å²) in [4.78, 5) is 0. The van der Waals surface area contributed by atoms with E-state index in [1.54, 1.807) is 0 Å². The number of hydrogen-bond donors (Lipinski definition) is 0. The molecule has 2 aliphatic heterocycles. The third-order valence-electron chi connectivity index (χ3n) is 4.92. The predicted octanol–water partition coefficient (Wildman–Crippen LogP) is 2.98. The summed E-state index contributed by atoms with van der Waals surface area (Å²) in [5, 5.41) is 0. The van der Waals surface area contributed by atoms with Gasteiger partial charge in [-0.1, -0.05) is 53.3 Å².